The Kier molecular flexibility index (Phi) is 6.01. The van der Waals surface area contributed by atoms with Gasteiger partial charge in [-0.05, 0) is 30.9 Å². The van der Waals surface area contributed by atoms with E-state index in [1.165, 1.54) is 25.5 Å². The minimum atomic E-state index is -0.940. The summed E-state index contributed by atoms with van der Waals surface area (Å²) in [5, 5.41) is 2.83. The fraction of sp³-hybridized carbons (Fsp3) is 0.333. The van der Waals surface area contributed by atoms with Crippen LogP contribution in [0.25, 0.3) is 0 Å². The van der Waals surface area contributed by atoms with E-state index in [0.29, 0.717) is 5.92 Å². The molecule has 0 aliphatic carbocycles. The number of amides is 1. The lowest BCUT2D eigenvalue weighted by Gasteiger charge is -2.18. The molecular formula is C18H21N3O3. The fourth-order valence-electron chi connectivity index (χ4n) is 2.17. The van der Waals surface area contributed by atoms with E-state index in [4.69, 9.17) is 4.74 Å². The third-order valence-corrected chi connectivity index (χ3v) is 3.79. The van der Waals surface area contributed by atoms with Gasteiger partial charge in [-0.2, -0.15) is 0 Å². The van der Waals surface area contributed by atoms with Crippen LogP contribution in [-0.4, -0.2) is 27.9 Å². The van der Waals surface area contributed by atoms with Gasteiger partial charge in [0, 0.05) is 18.1 Å². The van der Waals surface area contributed by atoms with Crippen LogP contribution in [0.4, 0.5) is 5.69 Å². The Morgan fingerprint density at radius 2 is 1.96 bits per heavy atom. The van der Waals surface area contributed by atoms with Crippen LogP contribution < -0.4 is 5.32 Å². The highest BCUT2D eigenvalue weighted by Crippen LogP contribution is 2.26. The van der Waals surface area contributed by atoms with Crippen molar-refractivity contribution >= 4 is 17.6 Å². The Morgan fingerprint density at radius 3 is 2.62 bits per heavy atom. The molecule has 0 unspecified atom stereocenters. The van der Waals surface area contributed by atoms with Crippen LogP contribution in [0.1, 0.15) is 49.2 Å². The minimum Gasteiger partial charge on any atom is -0.448 e. The summed E-state index contributed by atoms with van der Waals surface area (Å²) in [6.45, 7) is 5.71. The molecule has 2 atom stereocenters. The maximum absolute atomic E-state index is 12.3. The monoisotopic (exact) mass is 327 g/mol. The molecule has 24 heavy (non-hydrogen) atoms. The number of aromatic nitrogens is 2. The van der Waals surface area contributed by atoms with Gasteiger partial charge < -0.3 is 10.1 Å². The van der Waals surface area contributed by atoms with Crippen LogP contribution in [0.3, 0.4) is 0 Å². The number of esters is 1. The van der Waals surface area contributed by atoms with Crippen molar-refractivity contribution in [2.45, 2.75) is 39.2 Å². The highest BCUT2D eigenvalue weighted by atomic mass is 16.5. The van der Waals surface area contributed by atoms with Gasteiger partial charge in [-0.3, -0.25) is 9.78 Å². The summed E-state index contributed by atoms with van der Waals surface area (Å²) < 4.78 is 5.14. The van der Waals surface area contributed by atoms with E-state index >= 15 is 0 Å². The molecule has 0 fully saturated rings. The van der Waals surface area contributed by atoms with Crippen LogP contribution in [-0.2, 0) is 9.53 Å². The third-order valence-electron chi connectivity index (χ3n) is 3.79. The smallest absolute Gasteiger partial charge is 0.359 e. The first-order valence-corrected chi connectivity index (χ1v) is 7.89. The van der Waals surface area contributed by atoms with Crippen molar-refractivity contribution < 1.29 is 14.3 Å². The molecule has 1 heterocycles. The van der Waals surface area contributed by atoms with Crippen molar-refractivity contribution in [1.29, 1.82) is 0 Å². The molecule has 2 aromatic rings. The number of benzene rings is 1. The highest BCUT2D eigenvalue weighted by Gasteiger charge is 2.21. The number of carbonyl (C=O) groups excluding carboxylic acids is 2. The SMILES string of the molecule is CC[C@H](C)c1ccccc1NC(=O)[C@H](C)OC(=O)c1cnccn1. The van der Waals surface area contributed by atoms with Crippen LogP contribution in [0.15, 0.2) is 42.9 Å². The summed E-state index contributed by atoms with van der Waals surface area (Å²) >= 11 is 0. The van der Waals surface area contributed by atoms with Gasteiger partial charge in [0.2, 0.25) is 0 Å². The number of para-hydroxylation sites is 1. The molecule has 1 amide bonds. The molecule has 0 spiro atoms. The van der Waals surface area contributed by atoms with Crippen molar-refractivity contribution in [3.05, 3.63) is 54.1 Å². The molecule has 0 saturated carbocycles. The molecule has 6 heteroatoms. The second-order valence-electron chi connectivity index (χ2n) is 5.52. The topological polar surface area (TPSA) is 81.2 Å². The van der Waals surface area contributed by atoms with Crippen LogP contribution >= 0.6 is 0 Å². The molecule has 1 N–H and O–H groups in total. The molecule has 0 saturated heterocycles. The molecule has 126 valence electrons. The van der Waals surface area contributed by atoms with Gasteiger partial charge in [-0.15, -0.1) is 0 Å². The van der Waals surface area contributed by atoms with Crippen molar-refractivity contribution in [2.24, 2.45) is 0 Å². The first-order chi connectivity index (χ1) is 11.5. The van der Waals surface area contributed by atoms with Crippen molar-refractivity contribution in [2.75, 3.05) is 5.32 Å². The number of hydrogen-bond donors (Lipinski definition) is 1. The van der Waals surface area contributed by atoms with Gasteiger partial charge in [0.15, 0.2) is 11.8 Å². The number of anilines is 1. The zero-order valence-corrected chi connectivity index (χ0v) is 14.0. The Balaban J connectivity index is 2.03. The van der Waals surface area contributed by atoms with Crippen LogP contribution in [0, 0.1) is 0 Å². The van der Waals surface area contributed by atoms with E-state index in [9.17, 15) is 9.59 Å². The highest BCUT2D eigenvalue weighted by molar-refractivity contribution is 5.97. The lowest BCUT2D eigenvalue weighted by molar-refractivity contribution is -0.123. The maximum Gasteiger partial charge on any atom is 0.359 e. The first-order valence-electron chi connectivity index (χ1n) is 7.89. The van der Waals surface area contributed by atoms with Crippen molar-refractivity contribution in [1.82, 2.24) is 9.97 Å². The largest absolute Gasteiger partial charge is 0.448 e. The number of carbonyl (C=O) groups is 2. The zero-order chi connectivity index (χ0) is 17.5. The van der Waals surface area contributed by atoms with E-state index < -0.39 is 12.1 Å². The molecule has 6 nitrogen and oxygen atoms in total. The predicted molar refractivity (Wildman–Crippen MR) is 90.7 cm³/mol. The standard InChI is InChI=1S/C18H21N3O3/c1-4-12(2)14-7-5-6-8-15(14)21-17(22)13(3)24-18(23)16-11-19-9-10-20-16/h5-13H,4H2,1-3H3,(H,21,22)/t12-,13-/m0/s1. The maximum atomic E-state index is 12.3. The van der Waals surface area contributed by atoms with Gasteiger partial charge in [0.1, 0.15) is 0 Å². The number of ether oxygens (including phenoxy) is 1. The Morgan fingerprint density at radius 1 is 1.21 bits per heavy atom. The predicted octanol–water partition coefficient (Wildman–Crippen LogP) is 3.17. The lowest BCUT2D eigenvalue weighted by Crippen LogP contribution is -2.30. The Hall–Kier alpha value is -2.76. The van der Waals surface area contributed by atoms with Crippen LogP contribution in [0.5, 0.6) is 0 Å². The van der Waals surface area contributed by atoms with Gasteiger partial charge in [0.05, 0.1) is 6.20 Å². The summed E-state index contributed by atoms with van der Waals surface area (Å²) in [5.41, 5.74) is 1.86. The first kappa shape index (κ1) is 17.6. The van der Waals surface area contributed by atoms with Crippen LogP contribution in [0.2, 0.25) is 0 Å². The molecule has 0 radical (unpaired) electrons. The molecule has 1 aromatic carbocycles. The van der Waals surface area contributed by atoms with E-state index in [1.54, 1.807) is 0 Å². The van der Waals surface area contributed by atoms with Crippen molar-refractivity contribution in [3.63, 3.8) is 0 Å². The second kappa shape index (κ2) is 8.19. The molecule has 1 aromatic heterocycles. The third kappa shape index (κ3) is 4.38. The number of nitrogens with one attached hydrogen (secondary N) is 1. The van der Waals surface area contributed by atoms with Gasteiger partial charge in [-0.1, -0.05) is 32.0 Å². The summed E-state index contributed by atoms with van der Waals surface area (Å²) in [6, 6.07) is 7.63. The van der Waals surface area contributed by atoms with E-state index in [2.05, 4.69) is 29.1 Å². The quantitative estimate of drug-likeness (QED) is 0.824. The average molecular weight is 327 g/mol. The molecule has 0 bridgehead atoms. The summed E-state index contributed by atoms with van der Waals surface area (Å²) in [6.07, 6.45) is 4.17. The Labute approximate surface area is 141 Å². The fourth-order valence-corrected chi connectivity index (χ4v) is 2.17. The number of nitrogens with zero attached hydrogens (tertiary/aromatic N) is 2. The molecule has 0 aliphatic heterocycles. The number of rotatable bonds is 6. The lowest BCUT2D eigenvalue weighted by atomic mass is 9.97. The van der Waals surface area contributed by atoms with Gasteiger partial charge in [0.25, 0.3) is 5.91 Å². The molecule has 0 aliphatic rings. The normalized spacial score (nSPS) is 13.0. The molecule has 2 rings (SSSR count). The zero-order valence-electron chi connectivity index (χ0n) is 14.0. The summed E-state index contributed by atoms with van der Waals surface area (Å²) in [4.78, 5) is 31.9. The summed E-state index contributed by atoms with van der Waals surface area (Å²) in [5.74, 6) is -0.747. The molecular weight excluding hydrogens is 306 g/mol. The Bertz CT molecular complexity index is 704. The van der Waals surface area contributed by atoms with E-state index in [0.717, 1.165) is 17.7 Å². The van der Waals surface area contributed by atoms with Gasteiger partial charge in [-0.25, -0.2) is 9.78 Å². The minimum absolute atomic E-state index is 0.0668. The number of hydrogen-bond acceptors (Lipinski definition) is 5. The average Bonchev–Trinajstić information content (AvgIpc) is 2.62. The van der Waals surface area contributed by atoms with Crippen molar-refractivity contribution in [3.8, 4) is 0 Å². The van der Waals surface area contributed by atoms with E-state index in [1.807, 2.05) is 24.3 Å². The second-order valence-corrected chi connectivity index (χ2v) is 5.52. The summed E-state index contributed by atoms with van der Waals surface area (Å²) in [7, 11) is 0. The van der Waals surface area contributed by atoms with E-state index in [-0.39, 0.29) is 11.6 Å². The van der Waals surface area contributed by atoms with Gasteiger partial charge >= 0.3 is 5.97 Å².